The predicted octanol–water partition coefficient (Wildman–Crippen LogP) is 3.10. The van der Waals surface area contributed by atoms with Crippen molar-refractivity contribution < 1.29 is 9.90 Å². The molecule has 1 aliphatic rings. The number of carbonyl (C=O) groups excluding carboxylic acids is 1. The first-order chi connectivity index (χ1) is 10.2. The predicted molar refractivity (Wildman–Crippen MR) is 86.5 cm³/mol. The zero-order chi connectivity index (χ0) is 15.1. The summed E-state index contributed by atoms with van der Waals surface area (Å²) in [5, 5.41) is 11.7. The van der Waals surface area contributed by atoms with Gasteiger partial charge in [-0.1, -0.05) is 37.5 Å². The summed E-state index contributed by atoms with van der Waals surface area (Å²) in [6.45, 7) is 2.54. The van der Waals surface area contributed by atoms with Crippen molar-refractivity contribution >= 4 is 17.2 Å². The molecule has 0 spiro atoms. The molecular weight excluding hydrogens is 282 g/mol. The van der Waals surface area contributed by atoms with Gasteiger partial charge in [0.2, 0.25) is 0 Å². The molecule has 4 heteroatoms. The zero-order valence-electron chi connectivity index (χ0n) is 12.6. The number of hydrogen-bond donors (Lipinski definition) is 2. The maximum absolute atomic E-state index is 12.1. The van der Waals surface area contributed by atoms with E-state index in [-0.39, 0.29) is 12.5 Å². The Morgan fingerprint density at radius 3 is 2.95 bits per heavy atom. The minimum Gasteiger partial charge on any atom is -0.384 e. The number of amides is 1. The summed E-state index contributed by atoms with van der Waals surface area (Å²) in [5.41, 5.74) is 0.997. The van der Waals surface area contributed by atoms with Crippen LogP contribution in [0.3, 0.4) is 0 Å². The number of carbonyl (C=O) groups is 1. The van der Waals surface area contributed by atoms with E-state index < -0.39 is 0 Å². The van der Waals surface area contributed by atoms with Crippen molar-refractivity contribution in [1.82, 2.24) is 5.32 Å². The van der Waals surface area contributed by atoms with Crippen LogP contribution in [0.5, 0.6) is 0 Å². The van der Waals surface area contributed by atoms with Crippen molar-refractivity contribution in [2.24, 2.45) is 5.92 Å². The highest BCUT2D eigenvalue weighted by Crippen LogP contribution is 2.28. The molecule has 0 atom stereocenters. The molecule has 0 aliphatic heterocycles. The van der Waals surface area contributed by atoms with Crippen LogP contribution in [0.1, 0.15) is 58.6 Å². The molecule has 2 rings (SSSR count). The van der Waals surface area contributed by atoms with Gasteiger partial charge in [-0.15, -0.1) is 11.3 Å². The highest BCUT2D eigenvalue weighted by molar-refractivity contribution is 7.14. The van der Waals surface area contributed by atoms with Crippen molar-refractivity contribution in [3.63, 3.8) is 0 Å². The fourth-order valence-electron chi connectivity index (χ4n) is 2.82. The lowest BCUT2D eigenvalue weighted by atomic mass is 10.0. The number of nitrogens with one attached hydrogen (secondary N) is 1. The van der Waals surface area contributed by atoms with Crippen LogP contribution in [-0.4, -0.2) is 24.2 Å². The van der Waals surface area contributed by atoms with Gasteiger partial charge < -0.3 is 10.4 Å². The number of hydrogen-bond acceptors (Lipinski definition) is 3. The number of rotatable bonds is 5. The fraction of sp³-hybridized carbons (Fsp3) is 0.588. The molecule has 0 radical (unpaired) electrons. The second-order valence-corrected chi connectivity index (χ2v) is 6.68. The van der Waals surface area contributed by atoms with Crippen LogP contribution >= 0.6 is 11.3 Å². The normalized spacial score (nSPS) is 14.8. The van der Waals surface area contributed by atoms with E-state index in [4.69, 9.17) is 5.11 Å². The van der Waals surface area contributed by atoms with Crippen molar-refractivity contribution in [3.8, 4) is 11.8 Å². The van der Waals surface area contributed by atoms with Gasteiger partial charge in [-0.05, 0) is 37.3 Å². The zero-order valence-corrected chi connectivity index (χ0v) is 13.4. The summed E-state index contributed by atoms with van der Waals surface area (Å²) in [4.78, 5) is 13.6. The van der Waals surface area contributed by atoms with E-state index in [2.05, 4.69) is 17.2 Å². The van der Waals surface area contributed by atoms with E-state index in [9.17, 15) is 4.79 Å². The standard InChI is InChI=1S/C17H23NO2S/c1-13-12-16(21-15(13)9-5-11-19)17(20)18-10-4-8-14-6-2-3-7-14/h12,14,19H,2-4,6-8,10-11H2,1H3,(H,18,20). The first-order valence-electron chi connectivity index (χ1n) is 7.69. The molecule has 2 N–H and O–H groups in total. The topological polar surface area (TPSA) is 49.3 Å². The van der Waals surface area contributed by atoms with Gasteiger partial charge in [0, 0.05) is 6.54 Å². The van der Waals surface area contributed by atoms with Crippen LogP contribution in [0.25, 0.3) is 0 Å². The number of aliphatic hydroxyl groups excluding tert-OH is 1. The smallest absolute Gasteiger partial charge is 0.261 e. The van der Waals surface area contributed by atoms with E-state index in [1.165, 1.54) is 43.4 Å². The Morgan fingerprint density at radius 1 is 1.48 bits per heavy atom. The summed E-state index contributed by atoms with van der Waals surface area (Å²) in [7, 11) is 0. The number of aryl methyl sites for hydroxylation is 1. The van der Waals surface area contributed by atoms with E-state index in [1.54, 1.807) is 0 Å². The molecule has 1 aromatic rings. The van der Waals surface area contributed by atoms with Crippen molar-refractivity contribution in [1.29, 1.82) is 0 Å². The van der Waals surface area contributed by atoms with Crippen LogP contribution in [0.15, 0.2) is 6.07 Å². The quantitative estimate of drug-likeness (QED) is 0.649. The lowest BCUT2D eigenvalue weighted by Gasteiger charge is -2.08. The molecule has 21 heavy (non-hydrogen) atoms. The van der Waals surface area contributed by atoms with Crippen LogP contribution in [0.4, 0.5) is 0 Å². The van der Waals surface area contributed by atoms with Gasteiger partial charge in [0.25, 0.3) is 5.91 Å². The molecule has 0 unspecified atom stereocenters. The van der Waals surface area contributed by atoms with Gasteiger partial charge >= 0.3 is 0 Å². The average Bonchev–Trinajstić information content (AvgIpc) is 3.11. The lowest BCUT2D eigenvalue weighted by Crippen LogP contribution is -2.23. The molecule has 114 valence electrons. The Hall–Kier alpha value is -1.31. The van der Waals surface area contributed by atoms with Crippen LogP contribution in [0, 0.1) is 24.7 Å². The van der Waals surface area contributed by atoms with Gasteiger partial charge in [0.05, 0.1) is 9.75 Å². The Bertz CT molecular complexity index is 533. The molecular formula is C17H23NO2S. The Kier molecular flexibility index (Phi) is 6.28. The van der Waals surface area contributed by atoms with Crippen LogP contribution < -0.4 is 5.32 Å². The second-order valence-electron chi connectivity index (χ2n) is 5.63. The van der Waals surface area contributed by atoms with Crippen LogP contribution in [0.2, 0.25) is 0 Å². The van der Waals surface area contributed by atoms with Gasteiger partial charge in [-0.2, -0.15) is 0 Å². The summed E-state index contributed by atoms with van der Waals surface area (Å²) < 4.78 is 0. The van der Waals surface area contributed by atoms with Gasteiger partial charge in [0.1, 0.15) is 6.61 Å². The first kappa shape index (κ1) is 16.1. The SMILES string of the molecule is Cc1cc(C(=O)NCCCC2CCCC2)sc1C#CCO. The molecule has 1 aromatic heterocycles. The molecule has 3 nitrogen and oxygen atoms in total. The maximum Gasteiger partial charge on any atom is 0.261 e. The van der Waals surface area contributed by atoms with Crippen LogP contribution in [-0.2, 0) is 0 Å². The van der Waals surface area contributed by atoms with E-state index >= 15 is 0 Å². The second kappa shape index (κ2) is 8.21. The minimum absolute atomic E-state index is 0.00781. The van der Waals surface area contributed by atoms with Gasteiger partial charge in [0.15, 0.2) is 0 Å². The summed E-state index contributed by atoms with van der Waals surface area (Å²) in [6, 6.07) is 1.87. The molecule has 1 aliphatic carbocycles. The minimum atomic E-state index is -0.153. The Balaban J connectivity index is 1.77. The first-order valence-corrected chi connectivity index (χ1v) is 8.50. The highest BCUT2D eigenvalue weighted by atomic mass is 32.1. The van der Waals surface area contributed by atoms with Crippen molar-refractivity contribution in [2.45, 2.75) is 45.4 Å². The number of thiophene rings is 1. The lowest BCUT2D eigenvalue weighted by molar-refractivity contribution is 0.0956. The van der Waals surface area contributed by atoms with E-state index in [0.29, 0.717) is 4.88 Å². The molecule has 1 amide bonds. The number of aliphatic hydroxyl groups is 1. The molecule has 1 saturated carbocycles. The van der Waals surface area contributed by atoms with Gasteiger partial charge in [-0.3, -0.25) is 4.79 Å². The molecule has 1 heterocycles. The molecule has 0 aromatic carbocycles. The summed E-state index contributed by atoms with van der Waals surface area (Å²) in [6.07, 6.45) is 7.79. The van der Waals surface area contributed by atoms with Crippen molar-refractivity contribution in [3.05, 3.63) is 21.4 Å². The fourth-order valence-corrected chi connectivity index (χ4v) is 3.78. The van der Waals surface area contributed by atoms with E-state index in [1.807, 2.05) is 13.0 Å². The van der Waals surface area contributed by atoms with E-state index in [0.717, 1.165) is 29.3 Å². The third kappa shape index (κ3) is 4.87. The molecule has 0 bridgehead atoms. The summed E-state index contributed by atoms with van der Waals surface area (Å²) in [5.74, 6) is 6.38. The highest BCUT2D eigenvalue weighted by Gasteiger charge is 2.15. The van der Waals surface area contributed by atoms with Gasteiger partial charge in [-0.25, -0.2) is 0 Å². The third-order valence-corrected chi connectivity index (χ3v) is 5.12. The van der Waals surface area contributed by atoms with Crippen molar-refractivity contribution in [2.75, 3.05) is 13.2 Å². The molecule has 0 saturated heterocycles. The Morgan fingerprint density at radius 2 is 2.24 bits per heavy atom. The Labute approximate surface area is 130 Å². The maximum atomic E-state index is 12.1. The molecule has 1 fully saturated rings. The average molecular weight is 305 g/mol. The monoisotopic (exact) mass is 305 g/mol. The third-order valence-electron chi connectivity index (χ3n) is 3.97. The summed E-state index contributed by atoms with van der Waals surface area (Å²) >= 11 is 1.39. The largest absolute Gasteiger partial charge is 0.384 e.